The van der Waals surface area contributed by atoms with Crippen LogP contribution in [0.25, 0.3) is 22.0 Å². The molecule has 5 rings (SSSR count). The minimum Gasteiger partial charge on any atom is -0.358 e. The number of aryl methyl sites for hydroxylation is 2. The lowest BCUT2D eigenvalue weighted by Gasteiger charge is -2.33. The molecule has 1 saturated heterocycles. The van der Waals surface area contributed by atoms with Crippen molar-refractivity contribution in [2.45, 2.75) is 38.6 Å². The number of benzene rings is 1. The van der Waals surface area contributed by atoms with E-state index in [9.17, 15) is 4.79 Å². The molecule has 1 atom stereocenters. The summed E-state index contributed by atoms with van der Waals surface area (Å²) in [6.45, 7) is 4.49. The standard InChI is InChI=1S/C26H28N4O/c1-19-6-7-23-22(17-19)25(20-8-11-27-12-9-20)26(28-23)21-5-4-15-30(18-21)24(31)10-16-29-13-2-3-14-29/h2-3,6-9,11-14,17,21,28H,4-5,10,15-16,18H2,1H3/t21-/m1/s1. The number of hydrogen-bond donors (Lipinski definition) is 1. The van der Waals surface area contributed by atoms with E-state index in [1.165, 1.54) is 27.8 Å². The van der Waals surface area contributed by atoms with E-state index in [2.05, 4.69) is 56.7 Å². The monoisotopic (exact) mass is 412 g/mol. The minimum absolute atomic E-state index is 0.246. The van der Waals surface area contributed by atoms with Crippen LogP contribution in [0.1, 0.15) is 36.4 Å². The van der Waals surface area contributed by atoms with Gasteiger partial charge in [-0.25, -0.2) is 0 Å². The molecule has 1 fully saturated rings. The number of pyridine rings is 1. The van der Waals surface area contributed by atoms with Gasteiger partial charge in [0.05, 0.1) is 0 Å². The summed E-state index contributed by atoms with van der Waals surface area (Å²) in [6.07, 6.45) is 10.4. The van der Waals surface area contributed by atoms with Crippen LogP contribution in [0, 0.1) is 6.92 Å². The first-order chi connectivity index (χ1) is 15.2. The number of H-pyrrole nitrogens is 1. The number of nitrogens with zero attached hydrogens (tertiary/aromatic N) is 3. The van der Waals surface area contributed by atoms with Crippen LogP contribution in [0.2, 0.25) is 0 Å². The van der Waals surface area contributed by atoms with Crippen LogP contribution in [-0.2, 0) is 11.3 Å². The average Bonchev–Trinajstić information content (AvgIpc) is 3.46. The Hall–Kier alpha value is -3.34. The zero-order valence-corrected chi connectivity index (χ0v) is 17.9. The third-order valence-corrected chi connectivity index (χ3v) is 6.38. The topological polar surface area (TPSA) is 53.9 Å². The van der Waals surface area contributed by atoms with Gasteiger partial charge in [-0.2, -0.15) is 0 Å². The summed E-state index contributed by atoms with van der Waals surface area (Å²) in [7, 11) is 0. The van der Waals surface area contributed by atoms with Crippen molar-refractivity contribution in [3.8, 4) is 11.1 Å². The number of fused-ring (bicyclic) bond motifs is 1. The molecule has 4 heterocycles. The van der Waals surface area contributed by atoms with Gasteiger partial charge < -0.3 is 14.5 Å². The van der Waals surface area contributed by atoms with E-state index in [4.69, 9.17) is 0 Å². The summed E-state index contributed by atoms with van der Waals surface area (Å²) in [5, 5.41) is 1.25. The Morgan fingerprint density at radius 1 is 1.16 bits per heavy atom. The van der Waals surface area contributed by atoms with Gasteiger partial charge in [-0.05, 0) is 61.7 Å². The lowest BCUT2D eigenvalue weighted by atomic mass is 9.89. The number of hydrogen-bond acceptors (Lipinski definition) is 2. The van der Waals surface area contributed by atoms with Crippen LogP contribution >= 0.6 is 0 Å². The molecule has 1 aromatic carbocycles. The first-order valence-electron chi connectivity index (χ1n) is 11.1. The van der Waals surface area contributed by atoms with Crippen molar-refractivity contribution in [2.24, 2.45) is 0 Å². The van der Waals surface area contributed by atoms with Gasteiger partial charge in [-0.3, -0.25) is 9.78 Å². The van der Waals surface area contributed by atoms with Crippen LogP contribution in [0.5, 0.6) is 0 Å². The molecule has 0 radical (unpaired) electrons. The first kappa shape index (κ1) is 19.6. The molecule has 1 aliphatic heterocycles. The average molecular weight is 413 g/mol. The Morgan fingerprint density at radius 2 is 1.97 bits per heavy atom. The van der Waals surface area contributed by atoms with Crippen LogP contribution in [-0.4, -0.2) is 38.4 Å². The number of amides is 1. The number of rotatable bonds is 5. The summed E-state index contributed by atoms with van der Waals surface area (Å²) in [4.78, 5) is 22.9. The minimum atomic E-state index is 0.246. The molecule has 158 valence electrons. The highest BCUT2D eigenvalue weighted by Gasteiger charge is 2.28. The molecule has 31 heavy (non-hydrogen) atoms. The molecule has 1 N–H and O–H groups in total. The summed E-state index contributed by atoms with van der Waals surface area (Å²) < 4.78 is 2.07. The Kier molecular flexibility index (Phi) is 5.33. The Labute approximate surface area is 182 Å². The molecule has 1 aliphatic rings. The second kappa shape index (κ2) is 8.42. The molecule has 4 aromatic rings. The molecule has 3 aromatic heterocycles. The van der Waals surface area contributed by atoms with E-state index in [1.807, 2.05) is 36.9 Å². The third kappa shape index (κ3) is 4.00. The van der Waals surface area contributed by atoms with Gasteiger partial charge in [-0.1, -0.05) is 11.6 Å². The fourth-order valence-electron chi connectivity index (χ4n) is 4.80. The van der Waals surface area contributed by atoms with Gasteiger partial charge in [0.15, 0.2) is 0 Å². The second-order valence-corrected chi connectivity index (χ2v) is 8.55. The SMILES string of the molecule is Cc1ccc2[nH]c([C@@H]3CCCN(C(=O)CCn4cccc4)C3)c(-c3ccncc3)c2c1. The van der Waals surface area contributed by atoms with Gasteiger partial charge in [-0.15, -0.1) is 0 Å². The first-order valence-corrected chi connectivity index (χ1v) is 11.1. The zero-order chi connectivity index (χ0) is 21.2. The van der Waals surface area contributed by atoms with Crippen molar-refractivity contribution in [2.75, 3.05) is 13.1 Å². The smallest absolute Gasteiger partial charge is 0.224 e. The van der Waals surface area contributed by atoms with Crippen molar-refractivity contribution in [3.05, 3.63) is 78.5 Å². The number of piperidine rings is 1. The Balaban J connectivity index is 1.44. The van der Waals surface area contributed by atoms with Gasteiger partial charge in [0, 0.05) is 78.9 Å². The maximum Gasteiger partial charge on any atom is 0.224 e. The molecule has 5 nitrogen and oxygen atoms in total. The van der Waals surface area contributed by atoms with Crippen molar-refractivity contribution < 1.29 is 4.79 Å². The van der Waals surface area contributed by atoms with Crippen LogP contribution in [0.3, 0.4) is 0 Å². The lowest BCUT2D eigenvalue weighted by molar-refractivity contribution is -0.132. The molecular formula is C26H28N4O. The highest BCUT2D eigenvalue weighted by atomic mass is 16.2. The number of aromatic nitrogens is 3. The molecule has 0 unspecified atom stereocenters. The Morgan fingerprint density at radius 3 is 2.77 bits per heavy atom. The Bertz CT molecular complexity index is 1180. The fraction of sp³-hybridized carbons (Fsp3) is 0.308. The van der Waals surface area contributed by atoms with E-state index in [-0.39, 0.29) is 5.91 Å². The maximum absolute atomic E-state index is 12.9. The number of carbonyl (C=O) groups excluding carboxylic acids is 1. The summed E-state index contributed by atoms with van der Waals surface area (Å²) in [5.41, 5.74) is 6.09. The number of nitrogens with one attached hydrogen (secondary N) is 1. The highest BCUT2D eigenvalue weighted by Crippen LogP contribution is 2.39. The number of carbonyl (C=O) groups is 1. The second-order valence-electron chi connectivity index (χ2n) is 8.55. The van der Waals surface area contributed by atoms with Crippen LogP contribution in [0.4, 0.5) is 0 Å². The predicted octanol–water partition coefficient (Wildman–Crippen LogP) is 5.14. The van der Waals surface area contributed by atoms with E-state index in [0.29, 0.717) is 12.3 Å². The van der Waals surface area contributed by atoms with Gasteiger partial charge in [0.25, 0.3) is 0 Å². The van der Waals surface area contributed by atoms with Crippen molar-refractivity contribution >= 4 is 16.8 Å². The van der Waals surface area contributed by atoms with E-state index in [0.717, 1.165) is 38.0 Å². The molecule has 0 spiro atoms. The quantitative estimate of drug-likeness (QED) is 0.494. The van der Waals surface area contributed by atoms with Crippen molar-refractivity contribution in [1.29, 1.82) is 0 Å². The lowest BCUT2D eigenvalue weighted by Crippen LogP contribution is -2.39. The largest absolute Gasteiger partial charge is 0.358 e. The van der Waals surface area contributed by atoms with Gasteiger partial charge in [0.2, 0.25) is 5.91 Å². The third-order valence-electron chi connectivity index (χ3n) is 6.38. The summed E-state index contributed by atoms with van der Waals surface area (Å²) in [5.74, 6) is 0.552. The number of aromatic amines is 1. The predicted molar refractivity (Wildman–Crippen MR) is 124 cm³/mol. The van der Waals surface area contributed by atoms with Crippen molar-refractivity contribution in [1.82, 2.24) is 19.4 Å². The molecular weight excluding hydrogens is 384 g/mol. The number of likely N-dealkylation sites (tertiary alicyclic amines) is 1. The summed E-state index contributed by atoms with van der Waals surface area (Å²) in [6, 6.07) is 14.7. The zero-order valence-electron chi connectivity index (χ0n) is 17.9. The van der Waals surface area contributed by atoms with E-state index >= 15 is 0 Å². The van der Waals surface area contributed by atoms with Crippen LogP contribution < -0.4 is 0 Å². The van der Waals surface area contributed by atoms with Gasteiger partial charge >= 0.3 is 0 Å². The van der Waals surface area contributed by atoms with Gasteiger partial charge in [0.1, 0.15) is 0 Å². The fourth-order valence-corrected chi connectivity index (χ4v) is 4.80. The van der Waals surface area contributed by atoms with E-state index < -0.39 is 0 Å². The maximum atomic E-state index is 12.9. The normalized spacial score (nSPS) is 16.7. The van der Waals surface area contributed by atoms with E-state index in [1.54, 1.807) is 0 Å². The highest BCUT2D eigenvalue weighted by molar-refractivity contribution is 5.98. The van der Waals surface area contributed by atoms with Crippen LogP contribution in [0.15, 0.2) is 67.3 Å². The molecule has 0 aliphatic carbocycles. The van der Waals surface area contributed by atoms with Crippen molar-refractivity contribution in [3.63, 3.8) is 0 Å². The molecule has 0 bridgehead atoms. The molecule has 5 heteroatoms. The molecule has 0 saturated carbocycles. The molecule has 1 amide bonds. The summed E-state index contributed by atoms with van der Waals surface area (Å²) >= 11 is 0.